The predicted octanol–water partition coefficient (Wildman–Crippen LogP) is 4.69. The van der Waals surface area contributed by atoms with Gasteiger partial charge in [-0.15, -0.1) is 0 Å². The van der Waals surface area contributed by atoms with Gasteiger partial charge in [0.15, 0.2) is 0 Å². The third-order valence-corrected chi connectivity index (χ3v) is 6.35. The number of fused-ring (bicyclic) bond motifs is 3. The number of hydrogen-bond donors (Lipinski definition) is 2. The minimum Gasteiger partial charge on any atom is -0.466 e. The number of nitrogens with one attached hydrogen (secondary N) is 1. The number of hydrogen-bond acceptors (Lipinski definition) is 4. The van der Waals surface area contributed by atoms with Gasteiger partial charge in [0.2, 0.25) is 0 Å². The number of carbonyl (C=O) groups excluding carboxylic acids is 1. The molecule has 1 unspecified atom stereocenters. The Hall–Kier alpha value is -3.10. The number of aliphatic hydroxyl groups is 1. The Morgan fingerprint density at radius 3 is 2.62 bits per heavy atom. The molecule has 1 aromatic heterocycles. The molecule has 180 valence electrons. The number of H-pyrrole nitrogens is 1. The molecule has 4 rings (SSSR count). The molecule has 3 aromatic rings. The second-order valence-corrected chi connectivity index (χ2v) is 9.02. The van der Waals surface area contributed by atoms with Crippen LogP contribution in [0.4, 0.5) is 13.2 Å². The Bertz CT molecular complexity index is 1230. The molecular formula is C26H27F3N2O3. The van der Waals surface area contributed by atoms with Gasteiger partial charge < -0.3 is 14.8 Å². The molecule has 0 amide bonds. The van der Waals surface area contributed by atoms with Gasteiger partial charge in [-0.25, -0.2) is 18.0 Å². The Morgan fingerprint density at radius 2 is 1.97 bits per heavy atom. The molecule has 0 saturated heterocycles. The Kier molecular flexibility index (Phi) is 6.55. The second kappa shape index (κ2) is 9.27. The van der Waals surface area contributed by atoms with Crippen molar-refractivity contribution in [2.75, 3.05) is 20.3 Å². The highest BCUT2D eigenvalue weighted by Crippen LogP contribution is 2.43. The summed E-state index contributed by atoms with van der Waals surface area (Å²) in [5, 5.41) is 10.5. The Balaban J connectivity index is 1.88. The molecule has 0 radical (unpaired) electrons. The van der Waals surface area contributed by atoms with Crippen LogP contribution in [0.15, 0.2) is 42.5 Å². The van der Waals surface area contributed by atoms with Gasteiger partial charge in [-0.05, 0) is 55.7 Å². The second-order valence-electron chi connectivity index (χ2n) is 9.02. The lowest BCUT2D eigenvalue weighted by molar-refractivity contribution is -0.134. The maximum absolute atomic E-state index is 15.5. The summed E-state index contributed by atoms with van der Waals surface area (Å²) in [6.07, 6.45) is 2.90. The highest BCUT2D eigenvalue weighted by atomic mass is 19.1. The van der Waals surface area contributed by atoms with Crippen molar-refractivity contribution in [3.63, 3.8) is 0 Å². The number of esters is 1. The molecule has 5 nitrogen and oxygen atoms in total. The first-order valence-electron chi connectivity index (χ1n) is 11.0. The number of rotatable bonds is 6. The van der Waals surface area contributed by atoms with Crippen LogP contribution in [0.25, 0.3) is 17.0 Å². The molecule has 3 atom stereocenters. The van der Waals surface area contributed by atoms with Gasteiger partial charge in [0.05, 0.1) is 19.8 Å². The minimum atomic E-state index is -1.97. The largest absolute Gasteiger partial charge is 0.466 e. The molecular weight excluding hydrogens is 445 g/mol. The number of para-hydroxylation sites is 1. The van der Waals surface area contributed by atoms with Crippen LogP contribution in [-0.2, 0) is 16.0 Å². The van der Waals surface area contributed by atoms with Crippen molar-refractivity contribution in [2.24, 2.45) is 0 Å². The number of carbonyl (C=O) groups is 1. The van der Waals surface area contributed by atoms with Crippen LogP contribution in [0.1, 0.15) is 42.3 Å². The molecule has 1 aliphatic heterocycles. The number of aromatic nitrogens is 1. The first-order chi connectivity index (χ1) is 16.1. The molecule has 34 heavy (non-hydrogen) atoms. The van der Waals surface area contributed by atoms with Crippen molar-refractivity contribution in [2.45, 2.75) is 38.0 Å². The predicted molar refractivity (Wildman–Crippen MR) is 124 cm³/mol. The van der Waals surface area contributed by atoms with Crippen molar-refractivity contribution < 1.29 is 27.8 Å². The summed E-state index contributed by atoms with van der Waals surface area (Å²) in [5.41, 5.74) is 0.332. The maximum Gasteiger partial charge on any atom is 0.330 e. The average molecular weight is 473 g/mol. The van der Waals surface area contributed by atoms with E-state index in [9.17, 15) is 14.3 Å². The van der Waals surface area contributed by atoms with Crippen molar-refractivity contribution in [3.8, 4) is 0 Å². The average Bonchev–Trinajstić information content (AvgIpc) is 3.16. The molecule has 0 saturated carbocycles. The van der Waals surface area contributed by atoms with E-state index in [1.807, 2.05) is 31.2 Å². The van der Waals surface area contributed by atoms with Crippen LogP contribution in [0.5, 0.6) is 0 Å². The molecule has 2 aromatic carbocycles. The van der Waals surface area contributed by atoms with Gasteiger partial charge >= 0.3 is 5.97 Å². The van der Waals surface area contributed by atoms with Crippen molar-refractivity contribution >= 4 is 22.9 Å². The van der Waals surface area contributed by atoms with Crippen molar-refractivity contribution in [3.05, 3.63) is 76.5 Å². The third-order valence-electron chi connectivity index (χ3n) is 6.35. The quantitative estimate of drug-likeness (QED) is 0.404. The van der Waals surface area contributed by atoms with E-state index >= 15 is 8.78 Å². The highest BCUT2D eigenvalue weighted by Gasteiger charge is 2.41. The lowest BCUT2D eigenvalue weighted by Crippen LogP contribution is -2.50. The van der Waals surface area contributed by atoms with Gasteiger partial charge in [0, 0.05) is 40.8 Å². The number of aromatic amines is 1. The lowest BCUT2D eigenvalue weighted by atomic mass is 9.86. The van der Waals surface area contributed by atoms with E-state index in [0.717, 1.165) is 34.7 Å². The summed E-state index contributed by atoms with van der Waals surface area (Å²) in [6.45, 7) is 2.22. The van der Waals surface area contributed by atoms with Crippen LogP contribution in [0.3, 0.4) is 0 Å². The van der Waals surface area contributed by atoms with Crippen LogP contribution < -0.4 is 0 Å². The van der Waals surface area contributed by atoms with Crippen LogP contribution in [0, 0.1) is 11.6 Å². The summed E-state index contributed by atoms with van der Waals surface area (Å²) < 4.78 is 50.5. The zero-order chi connectivity index (χ0) is 24.6. The molecule has 2 heterocycles. The van der Waals surface area contributed by atoms with Crippen molar-refractivity contribution in [1.29, 1.82) is 0 Å². The Labute approximate surface area is 195 Å². The summed E-state index contributed by atoms with van der Waals surface area (Å²) in [6, 6.07) is 8.69. The van der Waals surface area contributed by atoms with E-state index in [0.29, 0.717) is 12.1 Å². The normalized spacial score (nSPS) is 20.4. The van der Waals surface area contributed by atoms with Crippen molar-refractivity contribution in [1.82, 2.24) is 9.88 Å². The molecule has 8 heteroatoms. The minimum absolute atomic E-state index is 0.155. The topological polar surface area (TPSA) is 65.6 Å². The number of aliphatic hydroxyl groups excluding tert-OH is 1. The fraction of sp³-hybridized carbons (Fsp3) is 0.346. The molecule has 0 spiro atoms. The fourth-order valence-corrected chi connectivity index (χ4v) is 4.69. The first kappa shape index (κ1) is 24.0. The maximum atomic E-state index is 15.5. The van der Waals surface area contributed by atoms with E-state index in [2.05, 4.69) is 9.72 Å². The number of ether oxygens (including phenoxy) is 1. The summed E-state index contributed by atoms with van der Waals surface area (Å²) >= 11 is 0. The number of benzene rings is 2. The SMILES string of the molecule is COC(=O)C=Cc1cc(F)c([C@@H]2c3[nH]c4ccccc4c3C[C@@H](C)N2CC(C)(F)CO)c(F)c1. The van der Waals surface area contributed by atoms with Crippen LogP contribution in [0.2, 0.25) is 0 Å². The lowest BCUT2D eigenvalue weighted by Gasteiger charge is -2.43. The summed E-state index contributed by atoms with van der Waals surface area (Å²) in [7, 11) is 1.21. The van der Waals surface area contributed by atoms with E-state index < -0.39 is 35.9 Å². The molecule has 0 fully saturated rings. The van der Waals surface area contributed by atoms with Crippen LogP contribution >= 0.6 is 0 Å². The monoisotopic (exact) mass is 472 g/mol. The Morgan fingerprint density at radius 1 is 1.29 bits per heavy atom. The fourth-order valence-electron chi connectivity index (χ4n) is 4.69. The van der Waals surface area contributed by atoms with Gasteiger partial charge in [-0.3, -0.25) is 4.90 Å². The first-order valence-corrected chi connectivity index (χ1v) is 11.0. The standard InChI is InChI=1S/C26H27F3N2O3/c1-15-10-18-17-6-4-5-7-21(17)30-24(18)25(31(15)13-26(2,29)14-32)23-19(27)11-16(12-20(23)28)8-9-22(33)34-3/h4-9,11-12,15,25,30,32H,10,13-14H2,1-3H3/t15-,25-,26?/m1/s1. The zero-order valence-corrected chi connectivity index (χ0v) is 19.2. The molecule has 0 bridgehead atoms. The van der Waals surface area contributed by atoms with Gasteiger partial charge in [0.1, 0.15) is 17.3 Å². The number of nitrogens with zero attached hydrogens (tertiary/aromatic N) is 1. The van der Waals surface area contributed by atoms with Crippen LogP contribution in [-0.4, -0.2) is 52.9 Å². The number of alkyl halides is 1. The van der Waals surface area contributed by atoms with E-state index in [4.69, 9.17) is 0 Å². The van der Waals surface area contributed by atoms with E-state index in [-0.39, 0.29) is 23.7 Å². The van der Waals surface area contributed by atoms with E-state index in [1.54, 1.807) is 4.90 Å². The van der Waals surface area contributed by atoms with Gasteiger partial charge in [0.25, 0.3) is 0 Å². The number of halogens is 3. The highest BCUT2D eigenvalue weighted by molar-refractivity contribution is 5.87. The smallest absolute Gasteiger partial charge is 0.330 e. The van der Waals surface area contributed by atoms with Gasteiger partial charge in [-0.1, -0.05) is 18.2 Å². The third kappa shape index (κ3) is 4.48. The summed E-state index contributed by atoms with van der Waals surface area (Å²) in [5.74, 6) is -2.28. The number of methoxy groups -OCH3 is 1. The zero-order valence-electron chi connectivity index (χ0n) is 19.2. The molecule has 2 N–H and O–H groups in total. The summed E-state index contributed by atoms with van der Waals surface area (Å²) in [4.78, 5) is 16.4. The molecule has 1 aliphatic rings. The molecule has 0 aliphatic carbocycles. The van der Waals surface area contributed by atoms with E-state index in [1.165, 1.54) is 20.1 Å². The van der Waals surface area contributed by atoms with Gasteiger partial charge in [-0.2, -0.15) is 0 Å².